The number of thiophene rings is 1. The van der Waals surface area contributed by atoms with E-state index in [4.69, 9.17) is 0 Å². The monoisotopic (exact) mass is 456 g/mol. The van der Waals surface area contributed by atoms with Gasteiger partial charge in [-0.05, 0) is 49.1 Å². The minimum absolute atomic E-state index is 0.162. The molecule has 0 aliphatic carbocycles. The summed E-state index contributed by atoms with van der Waals surface area (Å²) >= 11 is 1.08. The second-order valence-corrected chi connectivity index (χ2v) is 10.8. The zero-order valence-corrected chi connectivity index (χ0v) is 18.2. The highest BCUT2D eigenvalue weighted by Gasteiger charge is 2.43. The van der Waals surface area contributed by atoms with E-state index in [0.29, 0.717) is 36.5 Å². The lowest BCUT2D eigenvalue weighted by Crippen LogP contribution is -2.47. The van der Waals surface area contributed by atoms with Crippen LogP contribution in [0.15, 0.2) is 57.5 Å². The van der Waals surface area contributed by atoms with Crippen LogP contribution in [0.5, 0.6) is 0 Å². The molecule has 2 aromatic heterocycles. The summed E-state index contributed by atoms with van der Waals surface area (Å²) in [5, 5.41) is 6.32. The summed E-state index contributed by atoms with van der Waals surface area (Å²) in [6, 6.07) is 13.2. The van der Waals surface area contributed by atoms with Crippen molar-refractivity contribution in [2.75, 3.05) is 18.0 Å². The van der Waals surface area contributed by atoms with Gasteiger partial charge in [0.25, 0.3) is 15.6 Å². The lowest BCUT2D eigenvalue weighted by atomic mass is 10.1. The fourth-order valence-electron chi connectivity index (χ4n) is 4.22. The van der Waals surface area contributed by atoms with Gasteiger partial charge in [-0.3, -0.25) is 9.59 Å². The molecule has 1 unspecified atom stereocenters. The fourth-order valence-corrected chi connectivity index (χ4v) is 7.27. The highest BCUT2D eigenvalue weighted by molar-refractivity contribution is 7.91. The zero-order chi connectivity index (χ0) is 21.6. The average Bonchev–Trinajstić information content (AvgIpc) is 3.53. The van der Waals surface area contributed by atoms with Gasteiger partial charge in [0.05, 0.1) is 4.88 Å². The Bertz CT molecular complexity index is 1290. The van der Waals surface area contributed by atoms with Crippen LogP contribution in [0.4, 0.5) is 5.69 Å². The van der Waals surface area contributed by atoms with E-state index in [-0.39, 0.29) is 15.7 Å². The van der Waals surface area contributed by atoms with Crippen molar-refractivity contribution in [3.05, 3.63) is 64.4 Å². The van der Waals surface area contributed by atoms with Crippen molar-refractivity contribution in [2.45, 2.75) is 29.5 Å². The number of sulfonamides is 1. The van der Waals surface area contributed by atoms with Crippen molar-refractivity contribution in [2.24, 2.45) is 0 Å². The van der Waals surface area contributed by atoms with Gasteiger partial charge in [0.2, 0.25) is 5.91 Å². The number of para-hydroxylation sites is 1. The number of aromatic nitrogens is 2. The van der Waals surface area contributed by atoms with Gasteiger partial charge in [0, 0.05) is 24.8 Å². The molecule has 2 aliphatic rings. The van der Waals surface area contributed by atoms with Gasteiger partial charge in [0.1, 0.15) is 15.9 Å². The first-order chi connectivity index (χ1) is 14.9. The van der Waals surface area contributed by atoms with Crippen LogP contribution in [0, 0.1) is 0 Å². The normalized spacial score (nSPS) is 19.0. The van der Waals surface area contributed by atoms with Crippen LogP contribution in [0.2, 0.25) is 0 Å². The van der Waals surface area contributed by atoms with Gasteiger partial charge in [-0.15, -0.1) is 11.3 Å². The summed E-state index contributed by atoms with van der Waals surface area (Å²) in [6.45, 7) is 0.891. The number of carbonyl (C=O) groups excluding carboxylic acids is 1. The molecule has 0 radical (unpaired) electrons. The number of H-pyrrole nitrogens is 1. The lowest BCUT2D eigenvalue weighted by Gasteiger charge is -2.27. The number of amides is 1. The molecule has 1 atom stereocenters. The minimum atomic E-state index is -3.83. The quantitative estimate of drug-likeness (QED) is 0.649. The third kappa shape index (κ3) is 3.50. The van der Waals surface area contributed by atoms with E-state index in [1.165, 1.54) is 16.4 Å². The maximum atomic E-state index is 13.4. The Labute approximate surface area is 183 Å². The highest BCUT2D eigenvalue weighted by atomic mass is 32.2. The number of hydrogen-bond acceptors (Lipinski definition) is 6. The van der Waals surface area contributed by atoms with Crippen LogP contribution < -0.4 is 10.5 Å². The van der Waals surface area contributed by atoms with Gasteiger partial charge in [-0.1, -0.05) is 18.2 Å². The molecular weight excluding hydrogens is 436 g/mol. The number of rotatable bonds is 4. The molecule has 1 saturated heterocycles. The van der Waals surface area contributed by atoms with E-state index in [9.17, 15) is 18.0 Å². The summed E-state index contributed by atoms with van der Waals surface area (Å²) in [7, 11) is -3.83. The molecular formula is C21H20N4O4S2. The molecule has 8 nitrogen and oxygen atoms in total. The van der Waals surface area contributed by atoms with Crippen LogP contribution in [0.1, 0.15) is 18.4 Å². The standard InChI is InChI=1S/C21H20N4O4S2/c26-19-9-7-15(22-23-19)18-8-10-20(30-18)31(28,29)25-12-3-6-17(25)21(27)24-13-11-14-4-1-2-5-16(14)24/h1-2,4-5,7-10,17H,3,6,11-13H2,(H,23,26). The number of nitrogens with one attached hydrogen (secondary N) is 1. The molecule has 5 rings (SSSR count). The van der Waals surface area contributed by atoms with Gasteiger partial charge in [0.15, 0.2) is 0 Å². The molecule has 0 bridgehead atoms. The molecule has 31 heavy (non-hydrogen) atoms. The van der Waals surface area contributed by atoms with Gasteiger partial charge in [-0.2, -0.15) is 9.40 Å². The molecule has 10 heteroatoms. The first-order valence-corrected chi connectivity index (χ1v) is 12.3. The second-order valence-electron chi connectivity index (χ2n) is 7.57. The summed E-state index contributed by atoms with van der Waals surface area (Å²) in [5.74, 6) is -0.162. The smallest absolute Gasteiger partial charge is 0.264 e. The van der Waals surface area contributed by atoms with Crippen molar-refractivity contribution in [1.29, 1.82) is 0 Å². The van der Waals surface area contributed by atoms with Gasteiger partial charge in [-0.25, -0.2) is 13.5 Å². The molecule has 3 aromatic rings. The summed E-state index contributed by atoms with van der Waals surface area (Å²) < 4.78 is 28.3. The molecule has 160 valence electrons. The Morgan fingerprint density at radius 3 is 2.74 bits per heavy atom. The highest BCUT2D eigenvalue weighted by Crippen LogP contribution is 2.36. The van der Waals surface area contributed by atoms with E-state index in [1.54, 1.807) is 17.0 Å². The Morgan fingerprint density at radius 2 is 1.94 bits per heavy atom. The Morgan fingerprint density at radius 1 is 1.10 bits per heavy atom. The Kier molecular flexibility index (Phi) is 4.99. The fraction of sp³-hybridized carbons (Fsp3) is 0.286. The van der Waals surface area contributed by atoms with E-state index in [0.717, 1.165) is 29.0 Å². The van der Waals surface area contributed by atoms with Gasteiger partial charge >= 0.3 is 0 Å². The number of hydrogen-bond donors (Lipinski definition) is 1. The Balaban J connectivity index is 1.42. The number of nitrogens with zero attached hydrogens (tertiary/aromatic N) is 3. The third-order valence-electron chi connectivity index (χ3n) is 5.72. The molecule has 2 aliphatic heterocycles. The van der Waals surface area contributed by atoms with Crippen molar-refractivity contribution in [1.82, 2.24) is 14.5 Å². The van der Waals surface area contributed by atoms with Crippen LogP contribution in [0.25, 0.3) is 10.6 Å². The SMILES string of the molecule is O=C(C1CCCN1S(=O)(=O)c1ccc(-c2ccc(=O)[nH]n2)s1)N1CCc2ccccc21. The molecule has 1 fully saturated rings. The molecule has 4 heterocycles. The topological polar surface area (TPSA) is 103 Å². The number of aromatic amines is 1. The zero-order valence-electron chi connectivity index (χ0n) is 16.5. The molecule has 0 spiro atoms. The summed E-state index contributed by atoms with van der Waals surface area (Å²) in [5.41, 5.74) is 2.16. The Hall–Kier alpha value is -2.82. The van der Waals surface area contributed by atoms with Crippen LogP contribution in [0.3, 0.4) is 0 Å². The number of carbonyl (C=O) groups is 1. The van der Waals surface area contributed by atoms with E-state index in [1.807, 2.05) is 24.3 Å². The summed E-state index contributed by atoms with van der Waals surface area (Å²) in [4.78, 5) is 26.9. The molecule has 1 N–H and O–H groups in total. The molecule has 0 saturated carbocycles. The average molecular weight is 457 g/mol. The van der Waals surface area contributed by atoms with E-state index < -0.39 is 16.1 Å². The third-order valence-corrected chi connectivity index (χ3v) is 9.20. The predicted molar refractivity (Wildman–Crippen MR) is 118 cm³/mol. The van der Waals surface area contributed by atoms with Crippen molar-refractivity contribution < 1.29 is 13.2 Å². The first-order valence-electron chi connectivity index (χ1n) is 10.0. The molecule has 1 aromatic carbocycles. The maximum Gasteiger partial charge on any atom is 0.264 e. The maximum absolute atomic E-state index is 13.4. The molecule has 1 amide bonds. The summed E-state index contributed by atoms with van der Waals surface area (Å²) in [6.07, 6.45) is 1.93. The second kappa shape index (κ2) is 7.70. The number of fused-ring (bicyclic) bond motifs is 1. The predicted octanol–water partition coefficient (Wildman–Crippen LogP) is 2.24. The van der Waals surface area contributed by atoms with Crippen LogP contribution >= 0.6 is 11.3 Å². The van der Waals surface area contributed by atoms with Crippen LogP contribution in [-0.2, 0) is 21.2 Å². The lowest BCUT2D eigenvalue weighted by molar-refractivity contribution is -0.121. The first kappa shape index (κ1) is 20.1. The van der Waals surface area contributed by atoms with Gasteiger partial charge < -0.3 is 4.90 Å². The van der Waals surface area contributed by atoms with Crippen molar-refractivity contribution in [3.63, 3.8) is 0 Å². The largest absolute Gasteiger partial charge is 0.310 e. The number of anilines is 1. The van der Waals surface area contributed by atoms with Crippen molar-refractivity contribution >= 4 is 33.0 Å². The van der Waals surface area contributed by atoms with E-state index >= 15 is 0 Å². The minimum Gasteiger partial charge on any atom is -0.310 e. The van der Waals surface area contributed by atoms with Crippen LogP contribution in [-0.4, -0.2) is 48.0 Å². The van der Waals surface area contributed by atoms with E-state index in [2.05, 4.69) is 10.2 Å². The number of benzene rings is 1. The van der Waals surface area contributed by atoms with Crippen molar-refractivity contribution in [3.8, 4) is 10.6 Å².